The zero-order chi connectivity index (χ0) is 20.7. The predicted octanol–water partition coefficient (Wildman–Crippen LogP) is 3.22. The largest absolute Gasteiger partial charge is 0.476 e. The Hall–Kier alpha value is -2.91. The van der Waals surface area contributed by atoms with Crippen LogP contribution in [0.15, 0.2) is 58.5 Å². The highest BCUT2D eigenvalue weighted by Gasteiger charge is 2.16. The van der Waals surface area contributed by atoms with Crippen molar-refractivity contribution in [2.24, 2.45) is 0 Å². The van der Waals surface area contributed by atoms with Crippen molar-refractivity contribution in [2.45, 2.75) is 25.2 Å². The van der Waals surface area contributed by atoms with Crippen molar-refractivity contribution in [3.05, 3.63) is 54.7 Å². The van der Waals surface area contributed by atoms with Gasteiger partial charge >= 0.3 is 0 Å². The van der Waals surface area contributed by atoms with Crippen LogP contribution in [0.5, 0.6) is 5.88 Å². The number of aryl methyl sites for hydroxylation is 1. The molecule has 1 aromatic carbocycles. The maximum atomic E-state index is 12.7. The Balaban J connectivity index is 1.65. The van der Waals surface area contributed by atoms with E-state index in [4.69, 9.17) is 9.15 Å². The van der Waals surface area contributed by atoms with Gasteiger partial charge < -0.3 is 14.5 Å². The van der Waals surface area contributed by atoms with Gasteiger partial charge in [-0.1, -0.05) is 19.1 Å². The number of anilines is 1. The fourth-order valence-electron chi connectivity index (χ4n) is 2.61. The molecule has 2 aromatic heterocycles. The lowest BCUT2D eigenvalue weighted by Crippen LogP contribution is -2.21. The van der Waals surface area contributed by atoms with Crippen LogP contribution in [-0.4, -0.2) is 38.1 Å². The molecule has 0 saturated heterocycles. The molecule has 0 aliphatic carbocycles. The van der Waals surface area contributed by atoms with Gasteiger partial charge in [0.1, 0.15) is 18.6 Å². The quantitative estimate of drug-likeness (QED) is 0.489. The molecule has 8 nitrogen and oxygen atoms in total. The standard InChI is InChI=1S/C20H24N4O4S/c1-3-8-21-9-10-28-20-11-15(2)18(12-22-20)24-29(25,26)17-6-4-16(5-7-17)19-13-27-14-23-19/h4-7,11-14,21,24H,3,8-10H2,1-2H3. The third-order valence-electron chi connectivity index (χ3n) is 4.18. The van der Waals surface area contributed by atoms with Crippen molar-refractivity contribution < 1.29 is 17.6 Å². The maximum absolute atomic E-state index is 12.7. The van der Waals surface area contributed by atoms with Gasteiger partial charge in [0.15, 0.2) is 6.39 Å². The molecular formula is C20H24N4O4S. The van der Waals surface area contributed by atoms with E-state index in [1.807, 2.05) is 0 Å². The summed E-state index contributed by atoms with van der Waals surface area (Å²) < 4.78 is 38.5. The Kier molecular flexibility index (Phi) is 6.84. The van der Waals surface area contributed by atoms with Crippen LogP contribution in [0.4, 0.5) is 5.69 Å². The van der Waals surface area contributed by atoms with Crippen LogP contribution < -0.4 is 14.8 Å². The van der Waals surface area contributed by atoms with Crippen molar-refractivity contribution in [2.75, 3.05) is 24.4 Å². The summed E-state index contributed by atoms with van der Waals surface area (Å²) in [7, 11) is -3.75. The van der Waals surface area contributed by atoms with Crippen LogP contribution in [0, 0.1) is 6.92 Å². The molecule has 9 heteroatoms. The molecule has 154 valence electrons. The van der Waals surface area contributed by atoms with Crippen LogP contribution in [0.2, 0.25) is 0 Å². The second-order valence-electron chi connectivity index (χ2n) is 6.44. The van der Waals surface area contributed by atoms with Gasteiger partial charge in [-0.2, -0.15) is 0 Å². The van der Waals surface area contributed by atoms with Gasteiger partial charge in [0.05, 0.1) is 16.8 Å². The monoisotopic (exact) mass is 416 g/mol. The van der Waals surface area contributed by atoms with Gasteiger partial charge in [-0.15, -0.1) is 0 Å². The molecule has 3 aromatic rings. The van der Waals surface area contributed by atoms with Crippen LogP contribution in [0.1, 0.15) is 18.9 Å². The normalized spacial score (nSPS) is 11.4. The van der Waals surface area contributed by atoms with Crippen molar-refractivity contribution in [1.82, 2.24) is 15.3 Å². The molecular weight excluding hydrogens is 392 g/mol. The van der Waals surface area contributed by atoms with Crippen LogP contribution >= 0.6 is 0 Å². The first-order valence-corrected chi connectivity index (χ1v) is 10.8. The molecule has 0 bridgehead atoms. The number of nitrogens with zero attached hydrogens (tertiary/aromatic N) is 2. The molecule has 29 heavy (non-hydrogen) atoms. The lowest BCUT2D eigenvalue weighted by atomic mass is 10.2. The molecule has 0 atom stereocenters. The molecule has 0 unspecified atom stereocenters. The molecule has 2 N–H and O–H groups in total. The molecule has 0 saturated carbocycles. The van der Waals surface area contributed by atoms with Gasteiger partial charge in [-0.3, -0.25) is 4.72 Å². The van der Waals surface area contributed by atoms with Crippen LogP contribution in [0.25, 0.3) is 11.3 Å². The Morgan fingerprint density at radius 2 is 1.93 bits per heavy atom. The highest BCUT2D eigenvalue weighted by molar-refractivity contribution is 7.92. The number of sulfonamides is 1. The summed E-state index contributed by atoms with van der Waals surface area (Å²) in [4.78, 5) is 8.38. The number of benzene rings is 1. The van der Waals surface area contributed by atoms with Crippen LogP contribution in [-0.2, 0) is 10.0 Å². The molecule has 2 heterocycles. The van der Waals surface area contributed by atoms with E-state index < -0.39 is 10.0 Å². The molecule has 0 aliphatic rings. The van der Waals surface area contributed by atoms with E-state index >= 15 is 0 Å². The number of pyridine rings is 1. The molecule has 3 rings (SSSR count). The van der Waals surface area contributed by atoms with Gasteiger partial charge in [0, 0.05) is 18.2 Å². The Morgan fingerprint density at radius 3 is 2.59 bits per heavy atom. The Bertz CT molecular complexity index is 1020. The number of aromatic nitrogens is 2. The number of hydrogen-bond acceptors (Lipinski definition) is 7. The minimum atomic E-state index is -3.75. The third kappa shape index (κ3) is 5.55. The number of hydrogen-bond donors (Lipinski definition) is 2. The summed E-state index contributed by atoms with van der Waals surface area (Å²) in [5.41, 5.74) is 2.54. The van der Waals surface area contributed by atoms with E-state index in [0.717, 1.165) is 30.6 Å². The zero-order valence-corrected chi connectivity index (χ0v) is 17.2. The van der Waals surface area contributed by atoms with Crippen molar-refractivity contribution in [3.63, 3.8) is 0 Å². The number of nitrogens with one attached hydrogen (secondary N) is 2. The molecule has 0 amide bonds. The number of oxazole rings is 1. The van der Waals surface area contributed by atoms with E-state index in [0.29, 0.717) is 23.9 Å². The van der Waals surface area contributed by atoms with E-state index in [-0.39, 0.29) is 4.90 Å². The summed E-state index contributed by atoms with van der Waals surface area (Å²) in [6.45, 7) is 6.07. The lowest BCUT2D eigenvalue weighted by Gasteiger charge is -2.12. The maximum Gasteiger partial charge on any atom is 0.261 e. The zero-order valence-electron chi connectivity index (χ0n) is 16.4. The first kappa shape index (κ1) is 20.8. The van der Waals surface area contributed by atoms with Gasteiger partial charge in [0.25, 0.3) is 10.0 Å². The minimum absolute atomic E-state index is 0.145. The molecule has 0 fully saturated rings. The summed E-state index contributed by atoms with van der Waals surface area (Å²) in [5.74, 6) is 0.459. The van der Waals surface area contributed by atoms with Crippen molar-refractivity contribution >= 4 is 15.7 Å². The second-order valence-corrected chi connectivity index (χ2v) is 8.12. The minimum Gasteiger partial charge on any atom is -0.476 e. The van der Waals surface area contributed by atoms with Gasteiger partial charge in [-0.25, -0.2) is 18.4 Å². The molecule has 0 radical (unpaired) electrons. The predicted molar refractivity (Wildman–Crippen MR) is 110 cm³/mol. The summed E-state index contributed by atoms with van der Waals surface area (Å²) in [6.07, 6.45) is 5.35. The fraction of sp³-hybridized carbons (Fsp3) is 0.300. The average molecular weight is 417 g/mol. The first-order chi connectivity index (χ1) is 14.0. The van der Waals surface area contributed by atoms with E-state index in [1.165, 1.54) is 31.0 Å². The number of rotatable bonds is 10. The topological polar surface area (TPSA) is 106 Å². The highest BCUT2D eigenvalue weighted by atomic mass is 32.2. The Morgan fingerprint density at radius 1 is 1.14 bits per heavy atom. The molecule has 0 aliphatic heterocycles. The SMILES string of the molecule is CCCNCCOc1cc(C)c(NS(=O)(=O)c2ccc(-c3cocn3)cc2)cn1. The van der Waals surface area contributed by atoms with Crippen LogP contribution in [0.3, 0.4) is 0 Å². The van der Waals surface area contributed by atoms with E-state index in [2.05, 4.69) is 26.9 Å². The molecule has 0 spiro atoms. The van der Waals surface area contributed by atoms with E-state index in [9.17, 15) is 8.42 Å². The smallest absolute Gasteiger partial charge is 0.261 e. The summed E-state index contributed by atoms with van der Waals surface area (Å²) in [5, 5.41) is 3.24. The second kappa shape index (κ2) is 9.53. The fourth-order valence-corrected chi connectivity index (χ4v) is 3.72. The Labute approximate surface area is 170 Å². The van der Waals surface area contributed by atoms with Gasteiger partial charge in [-0.05, 0) is 37.6 Å². The summed E-state index contributed by atoms with van der Waals surface area (Å²) >= 11 is 0. The summed E-state index contributed by atoms with van der Waals surface area (Å²) in [6, 6.07) is 8.12. The van der Waals surface area contributed by atoms with Crippen molar-refractivity contribution in [1.29, 1.82) is 0 Å². The lowest BCUT2D eigenvalue weighted by molar-refractivity contribution is 0.302. The van der Waals surface area contributed by atoms with Gasteiger partial charge in [0.2, 0.25) is 5.88 Å². The third-order valence-corrected chi connectivity index (χ3v) is 5.56. The van der Waals surface area contributed by atoms with E-state index in [1.54, 1.807) is 25.1 Å². The average Bonchev–Trinajstić information content (AvgIpc) is 3.25. The first-order valence-electron chi connectivity index (χ1n) is 9.31. The number of ether oxygens (including phenoxy) is 1. The van der Waals surface area contributed by atoms with Crippen molar-refractivity contribution in [3.8, 4) is 17.1 Å². The highest BCUT2D eigenvalue weighted by Crippen LogP contribution is 2.24.